The van der Waals surface area contributed by atoms with Gasteiger partial charge < -0.3 is 20.1 Å². The molecule has 0 fully saturated rings. The fourth-order valence-electron chi connectivity index (χ4n) is 3.02. The summed E-state index contributed by atoms with van der Waals surface area (Å²) in [6, 6.07) is -0.129. The number of benzene rings is 1. The first-order valence-corrected chi connectivity index (χ1v) is 7.54. The third-order valence-electron chi connectivity index (χ3n) is 4.62. The highest BCUT2D eigenvalue weighted by Crippen LogP contribution is 2.44. The first-order valence-electron chi connectivity index (χ1n) is 7.54. The number of phenolic OH excluding ortho intramolecular Hbond substituents is 1. The van der Waals surface area contributed by atoms with Crippen molar-refractivity contribution in [1.29, 1.82) is 0 Å². The third kappa shape index (κ3) is 2.31. The number of phenols is 1. The van der Waals surface area contributed by atoms with Crippen LogP contribution >= 0.6 is 0 Å². The molecule has 3 N–H and O–H groups in total. The number of carbonyl (C=O) groups is 4. The fraction of sp³-hybridized carbons (Fsp3) is 0.375. The van der Waals surface area contributed by atoms with E-state index in [-0.39, 0.29) is 28.9 Å². The summed E-state index contributed by atoms with van der Waals surface area (Å²) in [6.45, 7) is 2.64. The zero-order chi connectivity index (χ0) is 18.6. The zero-order valence-electron chi connectivity index (χ0n) is 13.3. The minimum atomic E-state index is -1.39. The summed E-state index contributed by atoms with van der Waals surface area (Å²) in [4.78, 5) is 47.6. The van der Waals surface area contributed by atoms with Crippen LogP contribution in [0.5, 0.6) is 11.5 Å². The van der Waals surface area contributed by atoms with Crippen LogP contribution in [-0.4, -0.2) is 56.1 Å². The molecule has 0 saturated carbocycles. The summed E-state index contributed by atoms with van der Waals surface area (Å²) in [7, 11) is 0. The highest BCUT2D eigenvalue weighted by Gasteiger charge is 2.46. The Bertz CT molecular complexity index is 830. The van der Waals surface area contributed by atoms with E-state index in [1.54, 1.807) is 0 Å². The smallest absolute Gasteiger partial charge is 0.326 e. The molecule has 3 rings (SSSR count). The SMILES string of the molecule is C[C@H](C(=O)O)[C@H]1Cc2c(cc3c(c2O)C(=O)N([C@H](C)C(=O)O)C3=O)O1. The summed E-state index contributed by atoms with van der Waals surface area (Å²) in [6.07, 6.45) is -0.669. The third-order valence-corrected chi connectivity index (χ3v) is 4.62. The quantitative estimate of drug-likeness (QED) is 0.667. The maximum Gasteiger partial charge on any atom is 0.326 e. The molecule has 0 spiro atoms. The predicted molar refractivity (Wildman–Crippen MR) is 80.6 cm³/mol. The second-order valence-electron chi connectivity index (χ2n) is 6.11. The number of hydrogen-bond acceptors (Lipinski definition) is 6. The number of rotatable bonds is 4. The molecule has 0 bridgehead atoms. The Morgan fingerprint density at radius 3 is 2.40 bits per heavy atom. The van der Waals surface area contributed by atoms with E-state index < -0.39 is 47.6 Å². The van der Waals surface area contributed by atoms with Crippen molar-refractivity contribution in [3.05, 3.63) is 22.8 Å². The van der Waals surface area contributed by atoms with Gasteiger partial charge in [-0.25, -0.2) is 4.79 Å². The lowest BCUT2D eigenvalue weighted by Gasteiger charge is -2.18. The second-order valence-corrected chi connectivity index (χ2v) is 6.11. The number of imide groups is 1. The number of aromatic hydroxyl groups is 1. The van der Waals surface area contributed by atoms with Crippen LogP contribution in [0.1, 0.15) is 40.1 Å². The van der Waals surface area contributed by atoms with E-state index in [1.807, 2.05) is 0 Å². The Balaban J connectivity index is 2.02. The van der Waals surface area contributed by atoms with E-state index in [0.29, 0.717) is 4.90 Å². The number of amides is 2. The van der Waals surface area contributed by atoms with E-state index in [9.17, 15) is 24.3 Å². The van der Waals surface area contributed by atoms with E-state index in [1.165, 1.54) is 19.9 Å². The van der Waals surface area contributed by atoms with Crippen molar-refractivity contribution in [2.75, 3.05) is 0 Å². The first-order chi connectivity index (χ1) is 11.6. The van der Waals surface area contributed by atoms with Crippen molar-refractivity contribution in [2.45, 2.75) is 32.4 Å². The van der Waals surface area contributed by atoms with Crippen LogP contribution in [0, 0.1) is 5.92 Å². The molecule has 2 heterocycles. The maximum absolute atomic E-state index is 12.4. The van der Waals surface area contributed by atoms with E-state index >= 15 is 0 Å². The van der Waals surface area contributed by atoms with Crippen molar-refractivity contribution in [1.82, 2.24) is 4.90 Å². The maximum atomic E-state index is 12.4. The lowest BCUT2D eigenvalue weighted by atomic mass is 9.96. The van der Waals surface area contributed by atoms with Crippen LogP contribution in [-0.2, 0) is 16.0 Å². The van der Waals surface area contributed by atoms with E-state index in [4.69, 9.17) is 14.9 Å². The van der Waals surface area contributed by atoms with Crippen LogP contribution in [0.4, 0.5) is 0 Å². The number of nitrogens with zero attached hydrogens (tertiary/aromatic N) is 1. The first kappa shape index (κ1) is 16.7. The molecule has 2 aliphatic rings. The van der Waals surface area contributed by atoms with Gasteiger partial charge in [0.15, 0.2) is 0 Å². The van der Waals surface area contributed by atoms with E-state index in [0.717, 1.165) is 0 Å². The highest BCUT2D eigenvalue weighted by atomic mass is 16.5. The molecule has 132 valence electrons. The van der Waals surface area contributed by atoms with Gasteiger partial charge in [-0.3, -0.25) is 19.3 Å². The van der Waals surface area contributed by atoms with Crippen LogP contribution < -0.4 is 4.74 Å². The van der Waals surface area contributed by atoms with Crippen molar-refractivity contribution in [3.8, 4) is 11.5 Å². The van der Waals surface area contributed by atoms with Gasteiger partial charge in [-0.2, -0.15) is 0 Å². The summed E-state index contributed by atoms with van der Waals surface area (Å²) in [5.41, 5.74) is -0.190. The van der Waals surface area contributed by atoms with Crippen molar-refractivity contribution >= 4 is 23.8 Å². The molecule has 0 radical (unpaired) electrons. The van der Waals surface area contributed by atoms with Crippen molar-refractivity contribution in [3.63, 3.8) is 0 Å². The molecule has 1 aromatic rings. The lowest BCUT2D eigenvalue weighted by Crippen LogP contribution is -2.42. The molecular formula is C16H15NO8. The van der Waals surface area contributed by atoms with Crippen molar-refractivity contribution in [2.24, 2.45) is 5.92 Å². The summed E-state index contributed by atoms with van der Waals surface area (Å²) in [5, 5.41) is 28.5. The molecule has 0 unspecified atom stereocenters. The lowest BCUT2D eigenvalue weighted by molar-refractivity contribution is -0.144. The summed E-state index contributed by atoms with van der Waals surface area (Å²) >= 11 is 0. The molecule has 0 aromatic heterocycles. The van der Waals surface area contributed by atoms with Gasteiger partial charge in [0.2, 0.25) is 0 Å². The van der Waals surface area contributed by atoms with Crippen LogP contribution in [0.25, 0.3) is 0 Å². The number of carboxylic acid groups (broad SMARTS) is 2. The molecule has 0 aliphatic carbocycles. The normalized spacial score (nSPS) is 20.7. The van der Waals surface area contributed by atoms with Gasteiger partial charge in [0.05, 0.1) is 17.0 Å². The molecule has 2 aliphatic heterocycles. The average molecular weight is 349 g/mol. The number of ether oxygens (including phenoxy) is 1. The fourth-order valence-corrected chi connectivity index (χ4v) is 3.02. The van der Waals surface area contributed by atoms with Crippen LogP contribution in [0.2, 0.25) is 0 Å². The molecular weight excluding hydrogens is 334 g/mol. The monoisotopic (exact) mass is 349 g/mol. The molecule has 3 atom stereocenters. The minimum absolute atomic E-state index is 0.0673. The highest BCUT2D eigenvalue weighted by molar-refractivity contribution is 6.24. The molecule has 9 heteroatoms. The summed E-state index contributed by atoms with van der Waals surface area (Å²) < 4.78 is 5.52. The van der Waals surface area contributed by atoms with E-state index in [2.05, 4.69) is 0 Å². The Morgan fingerprint density at radius 1 is 1.20 bits per heavy atom. The number of carboxylic acids is 2. The van der Waals surface area contributed by atoms with Gasteiger partial charge >= 0.3 is 11.9 Å². The largest absolute Gasteiger partial charge is 0.507 e. The molecule has 2 amide bonds. The van der Waals surface area contributed by atoms with Gasteiger partial charge in [-0.1, -0.05) is 0 Å². The average Bonchev–Trinajstić information content (AvgIpc) is 3.07. The predicted octanol–water partition coefficient (Wildman–Crippen LogP) is 0.486. The zero-order valence-corrected chi connectivity index (χ0v) is 13.3. The van der Waals surface area contributed by atoms with Gasteiger partial charge in [0, 0.05) is 12.0 Å². The molecule has 1 aromatic carbocycles. The number of hydrogen-bond donors (Lipinski definition) is 3. The Morgan fingerprint density at radius 2 is 1.84 bits per heavy atom. The van der Waals surface area contributed by atoms with Gasteiger partial charge in [0.1, 0.15) is 23.6 Å². The minimum Gasteiger partial charge on any atom is -0.507 e. The number of carbonyl (C=O) groups excluding carboxylic acids is 2. The van der Waals surface area contributed by atoms with Gasteiger partial charge in [-0.15, -0.1) is 0 Å². The van der Waals surface area contributed by atoms with Gasteiger partial charge in [0.25, 0.3) is 11.8 Å². The standard InChI is InChI=1S/C16H15NO8/c1-5(15(21)22)9-3-7-10(25-9)4-8-11(12(7)18)14(20)17(13(8)19)6(2)16(23)24/h4-6,9,18H,3H2,1-2H3,(H,21,22)(H,23,24)/t5-,6+,9+/m0/s1. The van der Waals surface area contributed by atoms with Gasteiger partial charge in [-0.05, 0) is 19.9 Å². The molecule has 9 nitrogen and oxygen atoms in total. The number of fused-ring (bicyclic) bond motifs is 2. The van der Waals surface area contributed by atoms with Crippen molar-refractivity contribution < 1.29 is 39.2 Å². The summed E-state index contributed by atoms with van der Waals surface area (Å²) in [5.74, 6) is -5.36. The Labute approximate surface area is 141 Å². The second kappa shape index (κ2) is 5.47. The molecule has 0 saturated heterocycles. The topological polar surface area (TPSA) is 141 Å². The van der Waals surface area contributed by atoms with Crippen LogP contribution in [0.15, 0.2) is 6.07 Å². The van der Waals surface area contributed by atoms with Crippen LogP contribution in [0.3, 0.4) is 0 Å². The Hall–Kier alpha value is -3.10. The number of aliphatic carboxylic acids is 2. The Kier molecular flexibility index (Phi) is 3.66. The molecule has 25 heavy (non-hydrogen) atoms.